The van der Waals surface area contributed by atoms with Gasteiger partial charge in [-0.1, -0.05) is 46.0 Å². The monoisotopic (exact) mass is 215 g/mol. The van der Waals surface area contributed by atoms with Crippen LogP contribution in [0.2, 0.25) is 0 Å². The number of hydrogen-bond donors (Lipinski definition) is 2. The molecule has 2 atom stereocenters. The molecular formula is C12H25NO2. The zero-order valence-electron chi connectivity index (χ0n) is 10.0. The molecule has 90 valence electrons. The van der Waals surface area contributed by atoms with Crippen LogP contribution in [0.5, 0.6) is 0 Å². The lowest BCUT2D eigenvalue weighted by Gasteiger charge is -2.21. The molecule has 3 nitrogen and oxygen atoms in total. The molecule has 0 saturated carbocycles. The first-order chi connectivity index (χ1) is 7.17. The van der Waals surface area contributed by atoms with E-state index in [2.05, 4.69) is 6.92 Å². The second-order valence-electron chi connectivity index (χ2n) is 4.21. The van der Waals surface area contributed by atoms with Gasteiger partial charge in [-0.3, -0.25) is 4.79 Å². The summed E-state index contributed by atoms with van der Waals surface area (Å²) in [7, 11) is 0. The van der Waals surface area contributed by atoms with E-state index in [1.807, 2.05) is 6.92 Å². The molecule has 0 aliphatic heterocycles. The fraction of sp³-hybridized carbons (Fsp3) is 0.917. The van der Waals surface area contributed by atoms with Crippen LogP contribution in [0, 0.1) is 11.8 Å². The number of unbranched alkanes of at least 4 members (excludes halogenated alkanes) is 3. The highest BCUT2D eigenvalue weighted by Crippen LogP contribution is 2.21. The third-order valence-corrected chi connectivity index (χ3v) is 3.06. The Labute approximate surface area is 93.0 Å². The first-order valence-corrected chi connectivity index (χ1v) is 6.07. The van der Waals surface area contributed by atoms with Crippen molar-refractivity contribution in [2.45, 2.75) is 52.4 Å². The van der Waals surface area contributed by atoms with Crippen LogP contribution < -0.4 is 5.73 Å². The molecule has 0 aromatic heterocycles. The summed E-state index contributed by atoms with van der Waals surface area (Å²) in [5, 5.41) is 9.14. The molecule has 0 rings (SSSR count). The Morgan fingerprint density at radius 2 is 1.93 bits per heavy atom. The normalized spacial score (nSPS) is 14.9. The molecule has 0 fully saturated rings. The van der Waals surface area contributed by atoms with E-state index in [0.717, 1.165) is 25.7 Å². The fourth-order valence-corrected chi connectivity index (χ4v) is 1.94. The van der Waals surface area contributed by atoms with Gasteiger partial charge < -0.3 is 10.8 Å². The number of carbonyl (C=O) groups excluding carboxylic acids is 1. The Balaban J connectivity index is 3.98. The van der Waals surface area contributed by atoms with Gasteiger partial charge in [0.25, 0.3) is 0 Å². The van der Waals surface area contributed by atoms with Crippen molar-refractivity contribution < 1.29 is 9.90 Å². The van der Waals surface area contributed by atoms with Crippen LogP contribution in [0.25, 0.3) is 0 Å². The van der Waals surface area contributed by atoms with Crippen molar-refractivity contribution in [2.24, 2.45) is 17.6 Å². The van der Waals surface area contributed by atoms with Crippen LogP contribution in [0.15, 0.2) is 0 Å². The summed E-state index contributed by atoms with van der Waals surface area (Å²) in [4.78, 5) is 11.2. The fourth-order valence-electron chi connectivity index (χ4n) is 1.94. The average molecular weight is 215 g/mol. The van der Waals surface area contributed by atoms with E-state index in [1.54, 1.807) is 0 Å². The third-order valence-electron chi connectivity index (χ3n) is 3.06. The number of primary amides is 1. The molecule has 0 saturated heterocycles. The summed E-state index contributed by atoms with van der Waals surface area (Å²) in [6.45, 7) is 4.22. The quantitative estimate of drug-likeness (QED) is 0.578. The van der Waals surface area contributed by atoms with Crippen molar-refractivity contribution in [3.63, 3.8) is 0 Å². The molecule has 15 heavy (non-hydrogen) atoms. The Morgan fingerprint density at radius 1 is 1.27 bits per heavy atom. The van der Waals surface area contributed by atoms with Gasteiger partial charge in [-0.15, -0.1) is 0 Å². The number of aliphatic hydroxyl groups excluding tert-OH is 1. The molecule has 0 aliphatic carbocycles. The van der Waals surface area contributed by atoms with E-state index >= 15 is 0 Å². The number of carbonyl (C=O) groups is 1. The first kappa shape index (κ1) is 14.4. The molecule has 3 N–H and O–H groups in total. The highest BCUT2D eigenvalue weighted by Gasteiger charge is 2.23. The van der Waals surface area contributed by atoms with Crippen molar-refractivity contribution in [1.29, 1.82) is 0 Å². The Bertz CT molecular complexity index is 167. The lowest BCUT2D eigenvalue weighted by atomic mass is 9.86. The number of rotatable bonds is 9. The summed E-state index contributed by atoms with van der Waals surface area (Å²) >= 11 is 0. The summed E-state index contributed by atoms with van der Waals surface area (Å²) in [6.07, 6.45) is 6.24. The van der Waals surface area contributed by atoms with Crippen LogP contribution in [-0.4, -0.2) is 17.6 Å². The topological polar surface area (TPSA) is 63.3 Å². The minimum absolute atomic E-state index is 0.0455. The van der Waals surface area contributed by atoms with E-state index in [-0.39, 0.29) is 24.3 Å². The predicted molar refractivity (Wildman–Crippen MR) is 62.3 cm³/mol. The standard InChI is InChI=1S/C12H25NO2/c1-3-5-6-7-8-11(12(13)15)10(4-2)9-14/h10-11,14H,3-9H2,1-2H3,(H2,13,15). The van der Waals surface area contributed by atoms with Gasteiger partial charge in [0.2, 0.25) is 5.91 Å². The molecular weight excluding hydrogens is 190 g/mol. The zero-order valence-corrected chi connectivity index (χ0v) is 10.0. The SMILES string of the molecule is CCCCCCC(C(N)=O)C(CC)CO. The Morgan fingerprint density at radius 3 is 2.33 bits per heavy atom. The maximum absolute atomic E-state index is 11.2. The van der Waals surface area contributed by atoms with E-state index in [9.17, 15) is 4.79 Å². The smallest absolute Gasteiger partial charge is 0.220 e. The van der Waals surface area contributed by atoms with Gasteiger partial charge in [0.05, 0.1) is 0 Å². The average Bonchev–Trinajstić information content (AvgIpc) is 2.22. The molecule has 0 aromatic rings. The number of hydrogen-bond acceptors (Lipinski definition) is 2. The van der Waals surface area contributed by atoms with E-state index < -0.39 is 0 Å². The van der Waals surface area contributed by atoms with Crippen molar-refractivity contribution in [3.8, 4) is 0 Å². The van der Waals surface area contributed by atoms with E-state index in [0.29, 0.717) is 0 Å². The highest BCUT2D eigenvalue weighted by molar-refractivity contribution is 5.76. The Hall–Kier alpha value is -0.570. The van der Waals surface area contributed by atoms with Crippen LogP contribution in [0.3, 0.4) is 0 Å². The van der Waals surface area contributed by atoms with Gasteiger partial charge in [-0.05, 0) is 12.3 Å². The molecule has 2 unspecified atom stereocenters. The second-order valence-corrected chi connectivity index (χ2v) is 4.21. The van der Waals surface area contributed by atoms with Gasteiger partial charge in [0, 0.05) is 12.5 Å². The summed E-state index contributed by atoms with van der Waals surface area (Å²) in [5.74, 6) is -0.353. The molecule has 0 spiro atoms. The number of nitrogens with two attached hydrogens (primary N) is 1. The first-order valence-electron chi connectivity index (χ1n) is 6.07. The maximum atomic E-state index is 11.2. The summed E-state index contributed by atoms with van der Waals surface area (Å²) < 4.78 is 0. The van der Waals surface area contributed by atoms with Crippen LogP contribution in [-0.2, 0) is 4.79 Å². The molecule has 0 bridgehead atoms. The molecule has 0 radical (unpaired) electrons. The molecule has 3 heteroatoms. The van der Waals surface area contributed by atoms with Gasteiger partial charge in [0.15, 0.2) is 0 Å². The lowest BCUT2D eigenvalue weighted by Crippen LogP contribution is -2.31. The molecule has 0 aliphatic rings. The number of amides is 1. The molecule has 1 amide bonds. The van der Waals surface area contributed by atoms with Gasteiger partial charge >= 0.3 is 0 Å². The number of aliphatic hydroxyl groups is 1. The van der Waals surface area contributed by atoms with E-state index in [4.69, 9.17) is 10.8 Å². The van der Waals surface area contributed by atoms with Gasteiger partial charge in [-0.2, -0.15) is 0 Å². The Kier molecular flexibility index (Phi) is 8.38. The van der Waals surface area contributed by atoms with Crippen LogP contribution >= 0.6 is 0 Å². The van der Waals surface area contributed by atoms with Gasteiger partial charge in [0.1, 0.15) is 0 Å². The lowest BCUT2D eigenvalue weighted by molar-refractivity contribution is -0.124. The minimum Gasteiger partial charge on any atom is -0.396 e. The molecule has 0 aromatic carbocycles. The highest BCUT2D eigenvalue weighted by atomic mass is 16.3. The van der Waals surface area contributed by atoms with Gasteiger partial charge in [-0.25, -0.2) is 0 Å². The van der Waals surface area contributed by atoms with Crippen LogP contribution in [0.1, 0.15) is 52.4 Å². The molecule has 0 heterocycles. The largest absolute Gasteiger partial charge is 0.396 e. The minimum atomic E-state index is -0.257. The van der Waals surface area contributed by atoms with Crippen molar-refractivity contribution >= 4 is 5.91 Å². The van der Waals surface area contributed by atoms with E-state index in [1.165, 1.54) is 12.8 Å². The maximum Gasteiger partial charge on any atom is 0.220 e. The van der Waals surface area contributed by atoms with Crippen molar-refractivity contribution in [2.75, 3.05) is 6.61 Å². The summed E-state index contributed by atoms with van der Waals surface area (Å²) in [6, 6.07) is 0. The van der Waals surface area contributed by atoms with Crippen LogP contribution in [0.4, 0.5) is 0 Å². The third kappa shape index (κ3) is 5.78. The zero-order chi connectivity index (χ0) is 11.7. The second kappa shape index (κ2) is 8.72. The predicted octanol–water partition coefficient (Wildman–Crippen LogP) is 2.08. The van der Waals surface area contributed by atoms with Crippen molar-refractivity contribution in [3.05, 3.63) is 0 Å². The summed E-state index contributed by atoms with van der Waals surface area (Å²) in [5.41, 5.74) is 5.35. The van der Waals surface area contributed by atoms with Crippen molar-refractivity contribution in [1.82, 2.24) is 0 Å².